The monoisotopic (exact) mass is 282 g/mol. The molecule has 0 heterocycles. The largest absolute Gasteiger partial charge is 0.289 e. The van der Waals surface area contributed by atoms with Crippen LogP contribution >= 0.6 is 0 Å². The average Bonchev–Trinajstić information content (AvgIpc) is 2.59. The van der Waals surface area contributed by atoms with E-state index < -0.39 is 0 Å². The van der Waals surface area contributed by atoms with Crippen LogP contribution in [-0.4, -0.2) is 5.78 Å². The molecular formula is C21H14O. The van der Waals surface area contributed by atoms with E-state index in [1.807, 2.05) is 60.7 Å². The molecule has 0 aromatic heterocycles. The first-order valence-electron chi connectivity index (χ1n) is 7.33. The molecule has 0 bridgehead atoms. The molecule has 1 heteroatoms. The van der Waals surface area contributed by atoms with Crippen LogP contribution in [0.15, 0.2) is 84.9 Å². The van der Waals surface area contributed by atoms with Crippen LogP contribution in [0.4, 0.5) is 0 Å². The van der Waals surface area contributed by atoms with E-state index in [-0.39, 0.29) is 5.78 Å². The minimum Gasteiger partial charge on any atom is -0.289 e. The van der Waals surface area contributed by atoms with E-state index in [0.717, 1.165) is 21.9 Å². The summed E-state index contributed by atoms with van der Waals surface area (Å²) >= 11 is 0. The van der Waals surface area contributed by atoms with Gasteiger partial charge in [-0.3, -0.25) is 4.79 Å². The molecule has 4 aromatic rings. The maximum absolute atomic E-state index is 12.6. The van der Waals surface area contributed by atoms with Gasteiger partial charge < -0.3 is 0 Å². The number of carbonyl (C=O) groups is 1. The molecule has 0 amide bonds. The van der Waals surface area contributed by atoms with Gasteiger partial charge in [-0.05, 0) is 39.7 Å². The van der Waals surface area contributed by atoms with Crippen LogP contribution in [0.2, 0.25) is 0 Å². The smallest absolute Gasteiger partial charge is 0.193 e. The minimum atomic E-state index is 0.0654. The number of rotatable bonds is 2. The fourth-order valence-corrected chi connectivity index (χ4v) is 2.84. The van der Waals surface area contributed by atoms with Crippen molar-refractivity contribution in [3.63, 3.8) is 0 Å². The van der Waals surface area contributed by atoms with E-state index in [0.29, 0.717) is 0 Å². The summed E-state index contributed by atoms with van der Waals surface area (Å²) in [4.78, 5) is 12.6. The van der Waals surface area contributed by atoms with E-state index in [2.05, 4.69) is 24.3 Å². The summed E-state index contributed by atoms with van der Waals surface area (Å²) in [5.74, 6) is 0.0654. The Labute approximate surface area is 128 Å². The summed E-state index contributed by atoms with van der Waals surface area (Å²) in [7, 11) is 0. The Bertz CT molecular complexity index is 984. The van der Waals surface area contributed by atoms with Gasteiger partial charge in [0.1, 0.15) is 0 Å². The highest BCUT2D eigenvalue weighted by Gasteiger charge is 2.09. The van der Waals surface area contributed by atoms with Crippen molar-refractivity contribution in [1.29, 1.82) is 0 Å². The van der Waals surface area contributed by atoms with Crippen LogP contribution in [-0.2, 0) is 0 Å². The Morgan fingerprint density at radius 1 is 0.500 bits per heavy atom. The first-order valence-corrected chi connectivity index (χ1v) is 7.33. The summed E-state index contributed by atoms with van der Waals surface area (Å²) in [5, 5.41) is 4.67. The third-order valence-electron chi connectivity index (χ3n) is 4.00. The lowest BCUT2D eigenvalue weighted by Crippen LogP contribution is -2.00. The molecule has 22 heavy (non-hydrogen) atoms. The van der Waals surface area contributed by atoms with Crippen molar-refractivity contribution >= 4 is 27.3 Å². The van der Waals surface area contributed by atoms with E-state index in [1.165, 1.54) is 10.8 Å². The predicted octanol–water partition coefficient (Wildman–Crippen LogP) is 5.22. The summed E-state index contributed by atoms with van der Waals surface area (Å²) in [6, 6.07) is 27.9. The summed E-state index contributed by atoms with van der Waals surface area (Å²) < 4.78 is 0. The molecule has 0 aliphatic heterocycles. The van der Waals surface area contributed by atoms with Crippen LogP contribution in [0.25, 0.3) is 21.5 Å². The van der Waals surface area contributed by atoms with Gasteiger partial charge in [0, 0.05) is 11.1 Å². The lowest BCUT2D eigenvalue weighted by Gasteiger charge is -2.05. The molecule has 0 saturated carbocycles. The first kappa shape index (κ1) is 12.8. The van der Waals surface area contributed by atoms with E-state index in [9.17, 15) is 4.79 Å². The van der Waals surface area contributed by atoms with Crippen LogP contribution < -0.4 is 0 Å². The summed E-state index contributed by atoms with van der Waals surface area (Å²) in [5.41, 5.74) is 1.46. The SMILES string of the molecule is O=C(c1ccccc1)c1ccc2cc3ccccc3cc2c1. The van der Waals surface area contributed by atoms with Gasteiger partial charge in [-0.2, -0.15) is 0 Å². The molecule has 0 unspecified atom stereocenters. The van der Waals surface area contributed by atoms with Gasteiger partial charge in [0.2, 0.25) is 0 Å². The van der Waals surface area contributed by atoms with Crippen molar-refractivity contribution in [3.8, 4) is 0 Å². The number of carbonyl (C=O) groups excluding carboxylic acids is 1. The fraction of sp³-hybridized carbons (Fsp3) is 0. The lowest BCUT2D eigenvalue weighted by molar-refractivity contribution is 0.103. The highest BCUT2D eigenvalue weighted by atomic mass is 16.1. The molecule has 0 spiro atoms. The maximum atomic E-state index is 12.6. The Kier molecular flexibility index (Phi) is 2.97. The van der Waals surface area contributed by atoms with Crippen molar-refractivity contribution in [1.82, 2.24) is 0 Å². The third-order valence-corrected chi connectivity index (χ3v) is 4.00. The molecule has 0 atom stereocenters. The topological polar surface area (TPSA) is 17.1 Å². The van der Waals surface area contributed by atoms with Crippen molar-refractivity contribution in [2.45, 2.75) is 0 Å². The number of benzene rings is 4. The van der Waals surface area contributed by atoms with Gasteiger partial charge in [-0.15, -0.1) is 0 Å². The molecule has 1 nitrogen and oxygen atoms in total. The second kappa shape index (κ2) is 5.12. The zero-order valence-corrected chi connectivity index (χ0v) is 12.0. The van der Waals surface area contributed by atoms with Crippen LogP contribution in [0.5, 0.6) is 0 Å². The molecule has 104 valence electrons. The van der Waals surface area contributed by atoms with Gasteiger partial charge in [0.25, 0.3) is 0 Å². The standard InChI is InChI=1S/C21H14O/c22-21(15-6-2-1-3-7-15)19-11-10-18-12-16-8-4-5-9-17(16)13-20(18)14-19/h1-14H. The molecule has 0 saturated heterocycles. The summed E-state index contributed by atoms with van der Waals surface area (Å²) in [6.45, 7) is 0. The Morgan fingerprint density at radius 2 is 1.09 bits per heavy atom. The van der Waals surface area contributed by atoms with Gasteiger partial charge in [0.15, 0.2) is 5.78 Å². The molecule has 0 aliphatic rings. The molecular weight excluding hydrogens is 268 g/mol. The molecule has 4 aromatic carbocycles. The van der Waals surface area contributed by atoms with E-state index in [1.54, 1.807) is 0 Å². The first-order chi connectivity index (χ1) is 10.8. The normalized spacial score (nSPS) is 10.9. The zero-order chi connectivity index (χ0) is 14.9. The quantitative estimate of drug-likeness (QED) is 0.364. The Balaban J connectivity index is 1.86. The average molecular weight is 282 g/mol. The predicted molar refractivity (Wildman–Crippen MR) is 91.3 cm³/mol. The van der Waals surface area contributed by atoms with Gasteiger partial charge in [0.05, 0.1) is 0 Å². The molecule has 0 aliphatic carbocycles. The van der Waals surface area contributed by atoms with Crippen molar-refractivity contribution in [3.05, 3.63) is 96.1 Å². The van der Waals surface area contributed by atoms with Crippen molar-refractivity contribution in [2.75, 3.05) is 0 Å². The number of fused-ring (bicyclic) bond motifs is 2. The van der Waals surface area contributed by atoms with Crippen LogP contribution in [0.1, 0.15) is 15.9 Å². The Morgan fingerprint density at radius 3 is 1.82 bits per heavy atom. The second-order valence-corrected chi connectivity index (χ2v) is 5.46. The van der Waals surface area contributed by atoms with Crippen molar-refractivity contribution < 1.29 is 4.79 Å². The Hall–Kier alpha value is -2.93. The third kappa shape index (κ3) is 2.17. The van der Waals surface area contributed by atoms with Crippen LogP contribution in [0, 0.1) is 0 Å². The number of hydrogen-bond donors (Lipinski definition) is 0. The zero-order valence-electron chi connectivity index (χ0n) is 12.0. The lowest BCUT2D eigenvalue weighted by atomic mass is 9.98. The number of ketones is 1. The van der Waals surface area contributed by atoms with Gasteiger partial charge in [-0.1, -0.05) is 66.7 Å². The summed E-state index contributed by atoms with van der Waals surface area (Å²) in [6.07, 6.45) is 0. The minimum absolute atomic E-state index is 0.0654. The highest BCUT2D eigenvalue weighted by Crippen LogP contribution is 2.24. The molecule has 4 rings (SSSR count). The van der Waals surface area contributed by atoms with E-state index in [4.69, 9.17) is 0 Å². The van der Waals surface area contributed by atoms with Crippen LogP contribution in [0.3, 0.4) is 0 Å². The van der Waals surface area contributed by atoms with E-state index >= 15 is 0 Å². The maximum Gasteiger partial charge on any atom is 0.193 e. The highest BCUT2D eigenvalue weighted by molar-refractivity contribution is 6.11. The van der Waals surface area contributed by atoms with Crippen molar-refractivity contribution in [2.24, 2.45) is 0 Å². The van der Waals surface area contributed by atoms with Gasteiger partial charge in [-0.25, -0.2) is 0 Å². The number of hydrogen-bond acceptors (Lipinski definition) is 1. The fourth-order valence-electron chi connectivity index (χ4n) is 2.84. The molecule has 0 N–H and O–H groups in total. The molecule has 0 radical (unpaired) electrons. The molecule has 0 fully saturated rings. The second-order valence-electron chi connectivity index (χ2n) is 5.46. The van der Waals surface area contributed by atoms with Gasteiger partial charge >= 0.3 is 0 Å².